The highest BCUT2D eigenvalue weighted by Crippen LogP contribution is 2.20. The Labute approximate surface area is 174 Å². The molecule has 1 atom stereocenters. The Morgan fingerprint density at radius 2 is 1.34 bits per heavy atom. The first-order chi connectivity index (χ1) is 14.0. The Hall–Kier alpha value is -2.42. The standard InChI is InChI=1S/C18H22N2O2.2C2H6.H3NO2/c1-13(11-18(21)22)20-12-17(19)16-9-7-15(8-10-16)14-5-3-2-4-6-14;2*1-2;2-1-3/h2-10,12-13,18,20-22H,11,19H2,1H3;2*1-2H3;1-3H/b17-12-;;;. The molecule has 29 heavy (non-hydrogen) atoms. The lowest BCUT2D eigenvalue weighted by molar-refractivity contribution is -0.0678. The molecule has 0 saturated heterocycles. The second-order valence-corrected chi connectivity index (χ2v) is 5.43. The van der Waals surface area contributed by atoms with Crippen LogP contribution >= 0.6 is 0 Å². The van der Waals surface area contributed by atoms with Crippen molar-refractivity contribution in [3.8, 4) is 11.1 Å². The van der Waals surface area contributed by atoms with Crippen molar-refractivity contribution in [2.45, 2.75) is 53.4 Å². The van der Waals surface area contributed by atoms with Gasteiger partial charge in [0, 0.05) is 18.7 Å². The highest BCUT2D eigenvalue weighted by molar-refractivity contribution is 5.68. The minimum Gasteiger partial charge on any atom is -0.397 e. The van der Waals surface area contributed by atoms with Gasteiger partial charge in [-0.15, -0.1) is 0 Å². The van der Waals surface area contributed by atoms with E-state index in [4.69, 9.17) is 26.4 Å². The highest BCUT2D eigenvalue weighted by Gasteiger charge is 2.05. The van der Waals surface area contributed by atoms with Gasteiger partial charge in [-0.1, -0.05) is 87.9 Å². The van der Waals surface area contributed by atoms with Gasteiger partial charge in [-0.25, -0.2) is 0 Å². The fourth-order valence-electron chi connectivity index (χ4n) is 2.19. The van der Waals surface area contributed by atoms with Gasteiger partial charge in [0.1, 0.15) is 0 Å². The van der Waals surface area contributed by atoms with Gasteiger partial charge >= 0.3 is 0 Å². The molecule has 0 bridgehead atoms. The van der Waals surface area contributed by atoms with Crippen LogP contribution in [0.3, 0.4) is 0 Å². The van der Waals surface area contributed by atoms with Gasteiger partial charge in [-0.3, -0.25) is 10.4 Å². The molecular formula is C22H37N3O4. The summed E-state index contributed by atoms with van der Waals surface area (Å²) in [6, 6.07) is 18.1. The Morgan fingerprint density at radius 3 is 1.79 bits per heavy atom. The largest absolute Gasteiger partial charge is 0.397 e. The number of nitrogens with one attached hydrogen (secondary N) is 2. The molecule has 1 unspecified atom stereocenters. The number of aliphatic hydroxyl groups excluding tert-OH is 1. The van der Waals surface area contributed by atoms with Crippen LogP contribution in [0.2, 0.25) is 0 Å². The average molecular weight is 408 g/mol. The van der Waals surface area contributed by atoms with E-state index in [0.29, 0.717) is 5.70 Å². The first-order valence-electron chi connectivity index (χ1n) is 9.74. The predicted molar refractivity (Wildman–Crippen MR) is 119 cm³/mol. The van der Waals surface area contributed by atoms with Gasteiger partial charge in [-0.2, -0.15) is 0 Å². The third-order valence-corrected chi connectivity index (χ3v) is 3.41. The molecule has 7 heteroatoms. The maximum Gasteiger partial charge on any atom is 0.153 e. The summed E-state index contributed by atoms with van der Waals surface area (Å²) in [5.74, 6) is 0. The van der Waals surface area contributed by atoms with Gasteiger partial charge in [0.2, 0.25) is 0 Å². The summed E-state index contributed by atoms with van der Waals surface area (Å²) in [6.07, 6.45) is 0.628. The van der Waals surface area contributed by atoms with Gasteiger partial charge < -0.3 is 21.3 Å². The highest BCUT2D eigenvalue weighted by atomic mass is 16.7. The molecule has 2 aromatic carbocycles. The van der Waals surface area contributed by atoms with Gasteiger partial charge in [0.05, 0.1) is 5.70 Å². The molecule has 0 aromatic heterocycles. The molecule has 0 fully saturated rings. The van der Waals surface area contributed by atoms with Crippen molar-refractivity contribution in [3.05, 3.63) is 66.4 Å². The molecule has 0 aliphatic rings. The van der Waals surface area contributed by atoms with Crippen molar-refractivity contribution < 1.29 is 20.6 Å². The summed E-state index contributed by atoms with van der Waals surface area (Å²) in [7, 11) is 0. The summed E-state index contributed by atoms with van der Waals surface area (Å²) in [5.41, 5.74) is 10.6. The minimum absolute atomic E-state index is 0.0675. The lowest BCUT2D eigenvalue weighted by Crippen LogP contribution is -2.26. The van der Waals surface area contributed by atoms with E-state index in [1.165, 1.54) is 5.56 Å². The Kier molecular flexibility index (Phi) is 18.8. The molecule has 0 saturated carbocycles. The molecule has 164 valence electrons. The van der Waals surface area contributed by atoms with E-state index >= 15 is 0 Å². The maximum absolute atomic E-state index is 8.91. The van der Waals surface area contributed by atoms with Crippen molar-refractivity contribution in [1.82, 2.24) is 11.0 Å². The van der Waals surface area contributed by atoms with E-state index in [-0.39, 0.29) is 12.5 Å². The third-order valence-electron chi connectivity index (χ3n) is 3.41. The molecule has 2 aromatic rings. The molecular weight excluding hydrogens is 370 g/mol. The molecule has 2 rings (SSSR count). The maximum atomic E-state index is 8.91. The number of hydrogen-bond donors (Lipinski definition) is 7. The molecule has 0 amide bonds. The summed E-state index contributed by atoms with van der Waals surface area (Å²) < 4.78 is 0. The third kappa shape index (κ3) is 13.4. The average Bonchev–Trinajstić information content (AvgIpc) is 2.76. The summed E-state index contributed by atoms with van der Waals surface area (Å²) >= 11 is 0. The molecule has 0 spiro atoms. The van der Waals surface area contributed by atoms with Crippen molar-refractivity contribution in [2.24, 2.45) is 5.73 Å². The van der Waals surface area contributed by atoms with Crippen molar-refractivity contribution in [2.75, 3.05) is 0 Å². The normalized spacial score (nSPS) is 11.0. The second-order valence-electron chi connectivity index (χ2n) is 5.43. The van der Waals surface area contributed by atoms with E-state index < -0.39 is 6.29 Å². The Balaban J connectivity index is 0. The smallest absolute Gasteiger partial charge is 0.153 e. The number of rotatable bonds is 6. The van der Waals surface area contributed by atoms with Crippen LogP contribution in [0.15, 0.2) is 60.8 Å². The van der Waals surface area contributed by atoms with E-state index in [1.807, 2.05) is 77.1 Å². The Morgan fingerprint density at radius 1 is 0.897 bits per heavy atom. The van der Waals surface area contributed by atoms with E-state index in [0.717, 1.165) is 16.8 Å². The lowest BCUT2D eigenvalue weighted by atomic mass is 10.0. The van der Waals surface area contributed by atoms with Crippen LogP contribution in [-0.4, -0.2) is 33.0 Å². The van der Waals surface area contributed by atoms with Crippen molar-refractivity contribution in [1.29, 1.82) is 0 Å². The molecule has 0 aliphatic carbocycles. The lowest BCUT2D eigenvalue weighted by Gasteiger charge is -2.14. The van der Waals surface area contributed by atoms with Crippen LogP contribution in [0.25, 0.3) is 16.8 Å². The van der Waals surface area contributed by atoms with E-state index in [1.54, 1.807) is 6.20 Å². The van der Waals surface area contributed by atoms with Crippen LogP contribution in [-0.2, 0) is 0 Å². The molecule has 0 radical (unpaired) electrons. The van der Waals surface area contributed by atoms with Crippen LogP contribution in [0.5, 0.6) is 0 Å². The van der Waals surface area contributed by atoms with Crippen molar-refractivity contribution >= 4 is 5.70 Å². The summed E-state index contributed by atoms with van der Waals surface area (Å²) in [6.45, 7) is 9.86. The van der Waals surface area contributed by atoms with Crippen LogP contribution in [0.1, 0.15) is 46.6 Å². The van der Waals surface area contributed by atoms with Crippen molar-refractivity contribution in [3.63, 3.8) is 0 Å². The molecule has 0 aliphatic heterocycles. The SMILES string of the molecule is CC.CC.CC(CC(O)O)N/C=C(\N)c1ccc(-c2ccccc2)cc1.ONO. The van der Waals surface area contributed by atoms with E-state index in [9.17, 15) is 0 Å². The molecule has 0 heterocycles. The van der Waals surface area contributed by atoms with Crippen LogP contribution < -0.4 is 16.7 Å². The van der Waals surface area contributed by atoms with Gasteiger partial charge in [0.25, 0.3) is 0 Å². The van der Waals surface area contributed by atoms with E-state index in [2.05, 4.69) is 17.4 Å². The quantitative estimate of drug-likeness (QED) is 0.287. The minimum atomic E-state index is -1.32. The summed E-state index contributed by atoms with van der Waals surface area (Å²) in [5, 5.41) is 34.6. The van der Waals surface area contributed by atoms with Crippen LogP contribution in [0, 0.1) is 0 Å². The summed E-state index contributed by atoms with van der Waals surface area (Å²) in [4.78, 5) is 0. The number of nitrogens with two attached hydrogens (primary N) is 1. The zero-order valence-electron chi connectivity index (χ0n) is 18.0. The predicted octanol–water partition coefficient (Wildman–Crippen LogP) is 3.70. The monoisotopic (exact) mass is 407 g/mol. The Bertz CT molecular complexity index is 632. The first kappa shape index (κ1) is 28.8. The fraction of sp³-hybridized carbons (Fsp3) is 0.364. The van der Waals surface area contributed by atoms with Crippen LogP contribution in [0.4, 0.5) is 0 Å². The number of aliphatic hydroxyl groups is 2. The fourth-order valence-corrected chi connectivity index (χ4v) is 2.19. The molecule has 8 N–H and O–H groups in total. The van der Waals surface area contributed by atoms with Gasteiger partial charge in [0.15, 0.2) is 6.29 Å². The number of hydrogen-bond acceptors (Lipinski definition) is 7. The zero-order chi connectivity index (χ0) is 22.7. The first-order valence-corrected chi connectivity index (χ1v) is 9.74. The molecule has 7 nitrogen and oxygen atoms in total. The number of benzene rings is 2. The zero-order valence-corrected chi connectivity index (χ0v) is 18.0. The topological polar surface area (TPSA) is 131 Å². The van der Waals surface area contributed by atoms with Gasteiger partial charge in [-0.05, 0) is 23.6 Å². The second kappa shape index (κ2) is 18.9.